The Bertz CT molecular complexity index is 769. The lowest BCUT2D eigenvalue weighted by molar-refractivity contribution is 0.863. The lowest BCUT2D eigenvalue weighted by Gasteiger charge is -2.01. The number of nitrogens with one attached hydrogen (secondary N) is 1. The number of aromatic nitrogens is 2. The van der Waals surface area contributed by atoms with Gasteiger partial charge in [-0.1, -0.05) is 29.3 Å². The Labute approximate surface area is 109 Å². The summed E-state index contributed by atoms with van der Waals surface area (Å²) in [5.41, 5.74) is 2.67. The van der Waals surface area contributed by atoms with Crippen molar-refractivity contribution in [2.75, 3.05) is 0 Å². The van der Waals surface area contributed by atoms with Crippen molar-refractivity contribution in [3.63, 3.8) is 0 Å². The Morgan fingerprint density at radius 3 is 2.56 bits per heavy atom. The van der Waals surface area contributed by atoms with Gasteiger partial charge < -0.3 is 0 Å². The molecule has 1 aromatic heterocycles. The van der Waals surface area contributed by atoms with Crippen molar-refractivity contribution in [1.29, 1.82) is 0 Å². The van der Waals surface area contributed by atoms with Crippen LogP contribution in [0.25, 0.3) is 16.6 Å². The number of halogens is 1. The van der Waals surface area contributed by atoms with E-state index < -0.39 is 0 Å². The predicted octanol–water partition coefficient (Wildman–Crippen LogP) is 3.28. The van der Waals surface area contributed by atoms with E-state index in [0.29, 0.717) is 10.4 Å². The van der Waals surface area contributed by atoms with Crippen LogP contribution in [0, 0.1) is 6.92 Å². The lowest BCUT2D eigenvalue weighted by atomic mass is 10.2. The number of fused-ring (bicyclic) bond motifs is 1. The fourth-order valence-corrected chi connectivity index (χ4v) is 2.13. The van der Waals surface area contributed by atoms with Crippen molar-refractivity contribution < 1.29 is 0 Å². The Kier molecular flexibility index (Phi) is 2.49. The van der Waals surface area contributed by atoms with Crippen LogP contribution in [0.1, 0.15) is 5.56 Å². The highest BCUT2D eigenvalue weighted by Gasteiger charge is 2.08. The van der Waals surface area contributed by atoms with Gasteiger partial charge in [-0.25, -0.2) is 4.68 Å². The zero-order valence-electron chi connectivity index (χ0n) is 9.77. The number of aromatic amines is 1. The zero-order chi connectivity index (χ0) is 12.7. The third-order valence-corrected chi connectivity index (χ3v) is 3.17. The first kappa shape index (κ1) is 11.1. The molecule has 0 saturated heterocycles. The van der Waals surface area contributed by atoms with Crippen molar-refractivity contribution in [2.45, 2.75) is 6.92 Å². The molecule has 0 amide bonds. The molecule has 0 atom stereocenters. The van der Waals surface area contributed by atoms with Gasteiger partial charge in [-0.15, -0.1) is 0 Å². The topological polar surface area (TPSA) is 37.8 Å². The number of rotatable bonds is 1. The van der Waals surface area contributed by atoms with Gasteiger partial charge in [0.1, 0.15) is 0 Å². The summed E-state index contributed by atoms with van der Waals surface area (Å²) in [4.78, 5) is 12.2. The average molecular weight is 259 g/mol. The van der Waals surface area contributed by atoms with E-state index >= 15 is 0 Å². The van der Waals surface area contributed by atoms with Gasteiger partial charge in [0.25, 0.3) is 5.56 Å². The van der Waals surface area contributed by atoms with Crippen LogP contribution in [-0.2, 0) is 0 Å². The smallest absolute Gasteiger partial charge is 0.279 e. The molecule has 90 valence electrons. The molecule has 0 bridgehead atoms. The number of nitrogens with zero attached hydrogens (tertiary/aromatic N) is 1. The van der Waals surface area contributed by atoms with Gasteiger partial charge in [-0.2, -0.15) is 0 Å². The molecule has 1 N–H and O–H groups in total. The summed E-state index contributed by atoms with van der Waals surface area (Å²) in [6, 6.07) is 13.0. The van der Waals surface area contributed by atoms with Gasteiger partial charge in [-0.3, -0.25) is 9.89 Å². The normalized spacial score (nSPS) is 11.0. The van der Waals surface area contributed by atoms with Crippen molar-refractivity contribution in [3.8, 4) is 5.69 Å². The Morgan fingerprint density at radius 1 is 1.11 bits per heavy atom. The van der Waals surface area contributed by atoms with Crippen molar-refractivity contribution in [3.05, 3.63) is 63.4 Å². The van der Waals surface area contributed by atoms with E-state index in [1.807, 2.05) is 37.3 Å². The fraction of sp³-hybridized carbons (Fsp3) is 0.0714. The molecule has 4 heteroatoms. The molecule has 0 unspecified atom stereocenters. The van der Waals surface area contributed by atoms with Crippen LogP contribution >= 0.6 is 11.6 Å². The molecule has 2 aromatic carbocycles. The Hall–Kier alpha value is -2.00. The molecule has 0 spiro atoms. The van der Waals surface area contributed by atoms with E-state index in [1.54, 1.807) is 12.1 Å². The van der Waals surface area contributed by atoms with Crippen LogP contribution in [0.5, 0.6) is 0 Å². The molecule has 0 aliphatic heterocycles. The zero-order valence-corrected chi connectivity index (χ0v) is 10.5. The second-order valence-electron chi connectivity index (χ2n) is 4.28. The van der Waals surface area contributed by atoms with Gasteiger partial charge in [0.15, 0.2) is 0 Å². The fourth-order valence-electron chi connectivity index (χ4n) is 1.96. The molecule has 3 nitrogen and oxygen atoms in total. The number of aryl methyl sites for hydroxylation is 1. The molecule has 0 saturated carbocycles. The molecule has 0 fully saturated rings. The van der Waals surface area contributed by atoms with E-state index in [-0.39, 0.29) is 5.56 Å². The minimum Gasteiger partial charge on any atom is -0.290 e. The van der Waals surface area contributed by atoms with Crippen LogP contribution in [0.15, 0.2) is 47.3 Å². The van der Waals surface area contributed by atoms with Gasteiger partial charge in [0.2, 0.25) is 0 Å². The lowest BCUT2D eigenvalue weighted by Crippen LogP contribution is -2.13. The third kappa shape index (κ3) is 1.73. The number of H-pyrrole nitrogens is 1. The summed E-state index contributed by atoms with van der Waals surface area (Å²) >= 11 is 5.90. The van der Waals surface area contributed by atoms with Crippen molar-refractivity contribution in [1.82, 2.24) is 9.78 Å². The highest BCUT2D eigenvalue weighted by molar-refractivity contribution is 6.31. The Morgan fingerprint density at radius 2 is 1.83 bits per heavy atom. The van der Waals surface area contributed by atoms with E-state index in [4.69, 9.17) is 11.6 Å². The molecule has 1 heterocycles. The first-order valence-electron chi connectivity index (χ1n) is 5.62. The average Bonchev–Trinajstić information content (AvgIpc) is 2.68. The summed E-state index contributed by atoms with van der Waals surface area (Å²) in [7, 11) is 0. The van der Waals surface area contributed by atoms with Gasteiger partial charge in [-0.05, 0) is 37.3 Å². The predicted molar refractivity (Wildman–Crippen MR) is 73.6 cm³/mol. The van der Waals surface area contributed by atoms with E-state index in [2.05, 4.69) is 5.10 Å². The molecule has 3 rings (SSSR count). The SMILES string of the molecule is Cc1ccc(-n2[nH]c3ccc(Cl)cc3c2=O)cc1. The quantitative estimate of drug-likeness (QED) is 0.715. The van der Waals surface area contributed by atoms with Gasteiger partial charge in [0, 0.05) is 5.02 Å². The molecular formula is C14H11ClN2O. The second kappa shape index (κ2) is 4.03. The van der Waals surface area contributed by atoms with Crippen LogP contribution in [0.2, 0.25) is 5.02 Å². The highest BCUT2D eigenvalue weighted by atomic mass is 35.5. The first-order valence-corrected chi connectivity index (χ1v) is 6.00. The van der Waals surface area contributed by atoms with Crippen LogP contribution in [-0.4, -0.2) is 9.78 Å². The van der Waals surface area contributed by atoms with Gasteiger partial charge in [0.05, 0.1) is 16.6 Å². The standard InChI is InChI=1S/C14H11ClN2O/c1-9-2-5-11(6-3-9)17-14(18)12-8-10(15)4-7-13(12)16-17/h2-8,16H,1H3. The van der Waals surface area contributed by atoms with Crippen molar-refractivity contribution >= 4 is 22.5 Å². The number of hydrogen-bond donors (Lipinski definition) is 1. The van der Waals surface area contributed by atoms with Crippen LogP contribution in [0.4, 0.5) is 0 Å². The van der Waals surface area contributed by atoms with Crippen LogP contribution in [0.3, 0.4) is 0 Å². The summed E-state index contributed by atoms with van der Waals surface area (Å²) < 4.78 is 1.53. The molecule has 0 radical (unpaired) electrons. The van der Waals surface area contributed by atoms with Crippen LogP contribution < -0.4 is 5.56 Å². The molecule has 18 heavy (non-hydrogen) atoms. The van der Waals surface area contributed by atoms with Crippen molar-refractivity contribution in [2.24, 2.45) is 0 Å². The summed E-state index contributed by atoms with van der Waals surface area (Å²) in [6.45, 7) is 2.01. The minimum atomic E-state index is -0.0867. The summed E-state index contributed by atoms with van der Waals surface area (Å²) in [5, 5.41) is 4.24. The molecule has 0 aliphatic carbocycles. The maximum Gasteiger partial charge on any atom is 0.279 e. The largest absolute Gasteiger partial charge is 0.290 e. The highest BCUT2D eigenvalue weighted by Crippen LogP contribution is 2.16. The third-order valence-electron chi connectivity index (χ3n) is 2.94. The van der Waals surface area contributed by atoms with E-state index in [1.165, 1.54) is 4.68 Å². The minimum absolute atomic E-state index is 0.0867. The molecule has 3 aromatic rings. The van der Waals surface area contributed by atoms with E-state index in [0.717, 1.165) is 16.8 Å². The number of hydrogen-bond acceptors (Lipinski definition) is 1. The van der Waals surface area contributed by atoms with Gasteiger partial charge >= 0.3 is 0 Å². The maximum atomic E-state index is 12.2. The molecule has 0 aliphatic rings. The molecular weight excluding hydrogens is 248 g/mol. The Balaban J connectivity index is 2.27. The maximum absolute atomic E-state index is 12.2. The first-order chi connectivity index (χ1) is 8.65. The summed E-state index contributed by atoms with van der Waals surface area (Å²) in [6.07, 6.45) is 0. The number of benzene rings is 2. The summed E-state index contributed by atoms with van der Waals surface area (Å²) in [5.74, 6) is 0. The monoisotopic (exact) mass is 258 g/mol. The van der Waals surface area contributed by atoms with E-state index in [9.17, 15) is 4.79 Å². The second-order valence-corrected chi connectivity index (χ2v) is 4.71.